The smallest absolute Gasteiger partial charge is 0.124 e. The second kappa shape index (κ2) is 5.76. The number of hydrogen-bond donors (Lipinski definition) is 2. The van der Waals surface area contributed by atoms with E-state index >= 15 is 0 Å². The van der Waals surface area contributed by atoms with Crippen molar-refractivity contribution in [3.8, 4) is 0 Å². The molecule has 0 saturated heterocycles. The molecular weight excluding hydrogens is 289 g/mol. The molecule has 0 aromatic heterocycles. The third-order valence-electron chi connectivity index (χ3n) is 4.33. The molecule has 2 aromatic rings. The van der Waals surface area contributed by atoms with Gasteiger partial charge in [0.1, 0.15) is 5.82 Å². The minimum Gasteiger partial charge on any atom is -0.392 e. The topological polar surface area (TPSA) is 46.2 Å². The molecule has 0 spiro atoms. The van der Waals surface area contributed by atoms with Gasteiger partial charge in [0.2, 0.25) is 0 Å². The predicted octanol–water partition coefficient (Wildman–Crippen LogP) is 3.22. The van der Waals surface area contributed by atoms with Crippen LogP contribution in [0.15, 0.2) is 42.5 Å². The first kappa shape index (κ1) is 14.5. The number of benzene rings is 2. The van der Waals surface area contributed by atoms with Gasteiger partial charge in [-0.1, -0.05) is 41.9 Å². The number of halogens is 2. The third kappa shape index (κ3) is 2.57. The molecular formula is C17H17ClFNO. The van der Waals surface area contributed by atoms with E-state index in [2.05, 4.69) is 6.07 Å². The highest BCUT2D eigenvalue weighted by molar-refractivity contribution is 6.31. The van der Waals surface area contributed by atoms with Crippen molar-refractivity contribution in [1.82, 2.24) is 0 Å². The Hall–Kier alpha value is -1.42. The van der Waals surface area contributed by atoms with Crippen LogP contribution >= 0.6 is 11.6 Å². The van der Waals surface area contributed by atoms with Crippen LogP contribution in [0.4, 0.5) is 4.39 Å². The zero-order valence-electron chi connectivity index (χ0n) is 11.5. The molecule has 0 amide bonds. The SMILES string of the molecule is NCC(c1ccc(F)cc1Cl)C(O)C1Cc2ccccc21. The first-order chi connectivity index (χ1) is 10.1. The van der Waals surface area contributed by atoms with Crippen molar-refractivity contribution in [3.63, 3.8) is 0 Å². The summed E-state index contributed by atoms with van der Waals surface area (Å²) in [5.74, 6) is -0.615. The highest BCUT2D eigenvalue weighted by atomic mass is 35.5. The fraction of sp³-hybridized carbons (Fsp3) is 0.294. The van der Waals surface area contributed by atoms with Gasteiger partial charge < -0.3 is 10.8 Å². The minimum atomic E-state index is -0.618. The molecule has 21 heavy (non-hydrogen) atoms. The third-order valence-corrected chi connectivity index (χ3v) is 4.66. The van der Waals surface area contributed by atoms with Crippen LogP contribution in [-0.4, -0.2) is 17.8 Å². The normalized spacial score (nSPS) is 19.5. The van der Waals surface area contributed by atoms with Gasteiger partial charge in [0.25, 0.3) is 0 Å². The minimum absolute atomic E-state index is 0.0656. The Kier molecular flexibility index (Phi) is 3.98. The van der Waals surface area contributed by atoms with Crippen LogP contribution in [0.1, 0.15) is 28.5 Å². The van der Waals surface area contributed by atoms with E-state index in [1.165, 1.54) is 23.3 Å². The van der Waals surface area contributed by atoms with Crippen molar-refractivity contribution in [1.29, 1.82) is 0 Å². The monoisotopic (exact) mass is 305 g/mol. The van der Waals surface area contributed by atoms with Crippen LogP contribution in [0.3, 0.4) is 0 Å². The maximum Gasteiger partial charge on any atom is 0.124 e. The molecule has 0 saturated carbocycles. The maximum atomic E-state index is 13.2. The molecule has 3 atom stereocenters. The molecule has 3 unspecified atom stereocenters. The van der Waals surface area contributed by atoms with Gasteiger partial charge in [0.15, 0.2) is 0 Å². The maximum absolute atomic E-state index is 13.2. The number of aliphatic hydroxyl groups excluding tert-OH is 1. The van der Waals surface area contributed by atoms with Gasteiger partial charge in [-0.25, -0.2) is 4.39 Å². The number of nitrogens with two attached hydrogens (primary N) is 1. The summed E-state index contributed by atoms with van der Waals surface area (Å²) < 4.78 is 13.2. The van der Waals surface area contributed by atoms with Crippen LogP contribution in [0, 0.1) is 5.82 Å². The summed E-state index contributed by atoms with van der Waals surface area (Å²) in [7, 11) is 0. The molecule has 3 N–H and O–H groups in total. The molecule has 0 heterocycles. The molecule has 2 aromatic carbocycles. The first-order valence-electron chi connectivity index (χ1n) is 7.02. The van der Waals surface area contributed by atoms with Crippen molar-refractivity contribution in [2.75, 3.05) is 6.54 Å². The van der Waals surface area contributed by atoms with Gasteiger partial charge in [-0.3, -0.25) is 0 Å². The summed E-state index contributed by atoms with van der Waals surface area (Å²) in [6, 6.07) is 12.3. The fourth-order valence-electron chi connectivity index (χ4n) is 3.14. The largest absolute Gasteiger partial charge is 0.392 e. The van der Waals surface area contributed by atoms with Crippen molar-refractivity contribution in [2.45, 2.75) is 24.4 Å². The Morgan fingerprint density at radius 1 is 1.29 bits per heavy atom. The molecule has 3 rings (SSSR count). The van der Waals surface area contributed by atoms with Crippen molar-refractivity contribution >= 4 is 11.6 Å². The van der Waals surface area contributed by atoms with E-state index in [0.29, 0.717) is 10.6 Å². The van der Waals surface area contributed by atoms with Gasteiger partial charge in [0.05, 0.1) is 6.10 Å². The quantitative estimate of drug-likeness (QED) is 0.911. The van der Waals surface area contributed by atoms with E-state index in [1.54, 1.807) is 6.07 Å². The lowest BCUT2D eigenvalue weighted by Gasteiger charge is -2.37. The summed E-state index contributed by atoms with van der Waals surface area (Å²) in [6.45, 7) is 0.269. The molecule has 1 aliphatic rings. The van der Waals surface area contributed by atoms with Crippen LogP contribution in [0.5, 0.6) is 0 Å². The summed E-state index contributed by atoms with van der Waals surface area (Å²) in [5, 5.41) is 11.0. The van der Waals surface area contributed by atoms with Crippen LogP contribution in [0.2, 0.25) is 5.02 Å². The summed E-state index contributed by atoms with van der Waals surface area (Å²) in [6.07, 6.45) is 0.222. The number of hydrogen-bond acceptors (Lipinski definition) is 2. The van der Waals surface area contributed by atoms with Crippen molar-refractivity contribution < 1.29 is 9.50 Å². The van der Waals surface area contributed by atoms with E-state index < -0.39 is 6.10 Å². The first-order valence-corrected chi connectivity index (χ1v) is 7.40. The molecule has 0 aliphatic heterocycles. The van der Waals surface area contributed by atoms with Crippen LogP contribution in [-0.2, 0) is 6.42 Å². The zero-order valence-corrected chi connectivity index (χ0v) is 12.2. The molecule has 2 nitrogen and oxygen atoms in total. The van der Waals surface area contributed by atoms with Gasteiger partial charge in [-0.2, -0.15) is 0 Å². The Balaban J connectivity index is 1.87. The van der Waals surface area contributed by atoms with Gasteiger partial charge in [-0.05, 0) is 35.2 Å². The van der Waals surface area contributed by atoms with E-state index in [9.17, 15) is 9.50 Å². The average Bonchev–Trinajstić information content (AvgIpc) is 2.43. The Bertz CT molecular complexity index is 661. The zero-order chi connectivity index (χ0) is 15.0. The molecule has 1 aliphatic carbocycles. The second-order valence-electron chi connectivity index (χ2n) is 5.51. The van der Waals surface area contributed by atoms with Gasteiger partial charge in [-0.15, -0.1) is 0 Å². The lowest BCUT2D eigenvalue weighted by Crippen LogP contribution is -2.36. The number of fused-ring (bicyclic) bond motifs is 1. The Labute approximate surface area is 128 Å². The lowest BCUT2D eigenvalue weighted by molar-refractivity contribution is 0.106. The molecule has 110 valence electrons. The number of rotatable bonds is 4. The van der Waals surface area contributed by atoms with E-state index in [1.807, 2.05) is 18.2 Å². The molecule has 4 heteroatoms. The molecule has 0 radical (unpaired) electrons. The lowest BCUT2D eigenvalue weighted by atomic mass is 9.70. The summed E-state index contributed by atoms with van der Waals surface area (Å²) >= 11 is 6.11. The second-order valence-corrected chi connectivity index (χ2v) is 5.92. The van der Waals surface area contributed by atoms with Crippen LogP contribution < -0.4 is 5.73 Å². The standard InChI is InChI=1S/C17H17ClFNO/c18-16-8-11(19)5-6-13(16)15(9-20)17(21)14-7-10-3-1-2-4-12(10)14/h1-6,8,14-15,17,21H,7,9,20H2. The van der Waals surface area contributed by atoms with E-state index in [0.717, 1.165) is 6.42 Å². The average molecular weight is 306 g/mol. The van der Waals surface area contributed by atoms with E-state index in [-0.39, 0.29) is 24.2 Å². The van der Waals surface area contributed by atoms with E-state index in [4.69, 9.17) is 17.3 Å². The Morgan fingerprint density at radius 3 is 2.71 bits per heavy atom. The van der Waals surface area contributed by atoms with Crippen molar-refractivity contribution in [2.24, 2.45) is 5.73 Å². The van der Waals surface area contributed by atoms with Gasteiger partial charge >= 0.3 is 0 Å². The fourth-order valence-corrected chi connectivity index (χ4v) is 3.44. The van der Waals surface area contributed by atoms with Gasteiger partial charge in [0, 0.05) is 23.4 Å². The molecule has 0 bridgehead atoms. The molecule has 0 fully saturated rings. The summed E-state index contributed by atoms with van der Waals surface area (Å²) in [4.78, 5) is 0. The highest BCUT2D eigenvalue weighted by Crippen LogP contribution is 2.42. The summed E-state index contributed by atoms with van der Waals surface area (Å²) in [5.41, 5.74) is 8.98. The highest BCUT2D eigenvalue weighted by Gasteiger charge is 2.36. The van der Waals surface area contributed by atoms with Crippen LogP contribution in [0.25, 0.3) is 0 Å². The Morgan fingerprint density at radius 2 is 2.05 bits per heavy atom. The van der Waals surface area contributed by atoms with Crippen molar-refractivity contribution in [3.05, 3.63) is 70.0 Å². The number of aliphatic hydroxyl groups is 1. The predicted molar refractivity (Wildman–Crippen MR) is 82.1 cm³/mol.